The van der Waals surface area contributed by atoms with Crippen molar-refractivity contribution >= 4 is 11.6 Å². The average molecular weight is 402 g/mol. The van der Waals surface area contributed by atoms with Crippen LogP contribution < -0.4 is 0 Å². The second kappa shape index (κ2) is 7.70. The van der Waals surface area contributed by atoms with Gasteiger partial charge in [-0.3, -0.25) is 9.20 Å². The molecule has 152 valence electrons. The van der Waals surface area contributed by atoms with Crippen molar-refractivity contribution in [1.82, 2.24) is 29.6 Å². The van der Waals surface area contributed by atoms with Gasteiger partial charge in [-0.1, -0.05) is 41.1 Å². The first kappa shape index (κ1) is 18.5. The number of aromatic nitrogens is 5. The minimum Gasteiger partial charge on any atom is -0.339 e. The molecule has 0 aliphatic carbocycles. The number of amides is 1. The molecule has 0 radical (unpaired) electrons. The van der Waals surface area contributed by atoms with E-state index >= 15 is 0 Å². The number of hydrogen-bond donors (Lipinski definition) is 0. The van der Waals surface area contributed by atoms with E-state index in [2.05, 4.69) is 20.3 Å². The van der Waals surface area contributed by atoms with Gasteiger partial charge in [0.1, 0.15) is 0 Å². The zero-order valence-corrected chi connectivity index (χ0v) is 16.7. The second-order valence-corrected chi connectivity index (χ2v) is 7.61. The Morgan fingerprint density at radius 3 is 2.90 bits per heavy atom. The van der Waals surface area contributed by atoms with Gasteiger partial charge in [-0.25, -0.2) is 0 Å². The van der Waals surface area contributed by atoms with Crippen molar-refractivity contribution in [2.45, 2.75) is 38.6 Å². The molecule has 8 nitrogen and oxygen atoms in total. The molecule has 0 bridgehead atoms. The lowest BCUT2D eigenvalue weighted by Gasteiger charge is -2.23. The number of pyridine rings is 1. The van der Waals surface area contributed by atoms with Gasteiger partial charge >= 0.3 is 0 Å². The van der Waals surface area contributed by atoms with Gasteiger partial charge in [0.05, 0.1) is 6.04 Å². The Morgan fingerprint density at radius 2 is 2.03 bits per heavy atom. The van der Waals surface area contributed by atoms with Gasteiger partial charge in [0.2, 0.25) is 17.6 Å². The molecule has 1 saturated heterocycles. The lowest BCUT2D eigenvalue weighted by Crippen LogP contribution is -2.31. The van der Waals surface area contributed by atoms with Gasteiger partial charge in [0.15, 0.2) is 11.5 Å². The molecule has 1 fully saturated rings. The number of hydrogen-bond acceptors (Lipinski definition) is 6. The van der Waals surface area contributed by atoms with Crippen LogP contribution in [0.25, 0.3) is 17.0 Å². The van der Waals surface area contributed by atoms with E-state index in [0.717, 1.165) is 36.4 Å². The predicted octanol–water partition coefficient (Wildman–Crippen LogP) is 3.38. The Morgan fingerprint density at radius 1 is 1.17 bits per heavy atom. The summed E-state index contributed by atoms with van der Waals surface area (Å²) in [6.07, 6.45) is 4.52. The lowest BCUT2D eigenvalue weighted by atomic mass is 10.1. The van der Waals surface area contributed by atoms with Gasteiger partial charge in [-0.05, 0) is 31.9 Å². The standard InChI is InChI=1S/C22H22N6O2/c1-15-7-9-16(10-8-15)21-23-19(30-26-21)11-12-20(29)27-14-4-5-17(27)22-25-24-18-6-2-3-13-28(18)22/h2-3,6-10,13,17H,4-5,11-12,14H2,1H3/t17-/m0/s1. The number of aryl methyl sites for hydroxylation is 2. The Kier molecular flexibility index (Phi) is 4.74. The summed E-state index contributed by atoms with van der Waals surface area (Å²) < 4.78 is 7.32. The highest BCUT2D eigenvalue weighted by atomic mass is 16.5. The zero-order valence-electron chi connectivity index (χ0n) is 16.7. The smallest absolute Gasteiger partial charge is 0.227 e. The molecular formula is C22H22N6O2. The van der Waals surface area contributed by atoms with Crippen molar-refractivity contribution in [1.29, 1.82) is 0 Å². The van der Waals surface area contributed by atoms with Crippen molar-refractivity contribution in [3.05, 3.63) is 65.9 Å². The van der Waals surface area contributed by atoms with E-state index in [0.29, 0.717) is 24.6 Å². The highest BCUT2D eigenvalue weighted by Crippen LogP contribution is 2.31. The van der Waals surface area contributed by atoms with Crippen molar-refractivity contribution in [3.8, 4) is 11.4 Å². The number of nitrogens with zero attached hydrogens (tertiary/aromatic N) is 6. The molecular weight excluding hydrogens is 380 g/mol. The first-order valence-electron chi connectivity index (χ1n) is 10.2. The summed E-state index contributed by atoms with van der Waals surface area (Å²) >= 11 is 0. The van der Waals surface area contributed by atoms with Crippen LogP contribution in [0.5, 0.6) is 0 Å². The van der Waals surface area contributed by atoms with E-state index in [4.69, 9.17) is 4.52 Å². The Bertz CT molecular complexity index is 1180. The van der Waals surface area contributed by atoms with Gasteiger partial charge in [0.25, 0.3) is 0 Å². The summed E-state index contributed by atoms with van der Waals surface area (Å²) in [6, 6.07) is 13.7. The number of likely N-dealkylation sites (tertiary alicyclic amines) is 1. The predicted molar refractivity (Wildman–Crippen MR) is 109 cm³/mol. The zero-order chi connectivity index (χ0) is 20.5. The molecule has 1 aliphatic rings. The van der Waals surface area contributed by atoms with Crippen molar-refractivity contribution in [2.75, 3.05) is 6.54 Å². The maximum atomic E-state index is 13.0. The first-order valence-corrected chi connectivity index (χ1v) is 10.2. The summed E-state index contributed by atoms with van der Waals surface area (Å²) in [5, 5.41) is 12.6. The highest BCUT2D eigenvalue weighted by Gasteiger charge is 2.33. The second-order valence-electron chi connectivity index (χ2n) is 7.61. The van der Waals surface area contributed by atoms with E-state index in [9.17, 15) is 4.79 Å². The molecule has 0 unspecified atom stereocenters. The minimum absolute atomic E-state index is 0.0549. The lowest BCUT2D eigenvalue weighted by molar-refractivity contribution is -0.132. The molecule has 5 rings (SSSR count). The van der Waals surface area contributed by atoms with Crippen molar-refractivity contribution < 1.29 is 9.32 Å². The van der Waals surface area contributed by atoms with Crippen LogP contribution in [0.2, 0.25) is 0 Å². The third-order valence-electron chi connectivity index (χ3n) is 5.54. The third-order valence-corrected chi connectivity index (χ3v) is 5.54. The van der Waals surface area contributed by atoms with E-state index in [-0.39, 0.29) is 11.9 Å². The first-order chi connectivity index (χ1) is 14.7. The van der Waals surface area contributed by atoms with Crippen LogP contribution >= 0.6 is 0 Å². The highest BCUT2D eigenvalue weighted by molar-refractivity contribution is 5.77. The summed E-state index contributed by atoms with van der Waals surface area (Å²) in [5.74, 6) is 1.91. The molecule has 8 heteroatoms. The summed E-state index contributed by atoms with van der Waals surface area (Å²) in [4.78, 5) is 19.3. The van der Waals surface area contributed by atoms with Crippen LogP contribution in [0.3, 0.4) is 0 Å². The molecule has 0 N–H and O–H groups in total. The van der Waals surface area contributed by atoms with Crippen LogP contribution in [-0.2, 0) is 11.2 Å². The molecule has 30 heavy (non-hydrogen) atoms. The Balaban J connectivity index is 1.27. The van der Waals surface area contributed by atoms with E-state index in [1.807, 2.05) is 64.9 Å². The van der Waals surface area contributed by atoms with Crippen LogP contribution in [0, 0.1) is 6.92 Å². The fourth-order valence-electron chi connectivity index (χ4n) is 3.95. The maximum Gasteiger partial charge on any atom is 0.227 e. The molecule has 0 spiro atoms. The Labute approximate surface area is 173 Å². The molecule has 1 amide bonds. The normalized spacial score (nSPS) is 16.4. The van der Waals surface area contributed by atoms with Crippen LogP contribution in [0.15, 0.2) is 53.2 Å². The minimum atomic E-state index is -0.0549. The third kappa shape index (κ3) is 3.45. The maximum absolute atomic E-state index is 13.0. The topological polar surface area (TPSA) is 89.4 Å². The van der Waals surface area contributed by atoms with Crippen LogP contribution in [0.1, 0.15) is 42.6 Å². The fraction of sp³-hybridized carbons (Fsp3) is 0.318. The van der Waals surface area contributed by atoms with Crippen molar-refractivity contribution in [2.24, 2.45) is 0 Å². The number of fused-ring (bicyclic) bond motifs is 1. The number of carbonyl (C=O) groups is 1. The summed E-state index contributed by atoms with van der Waals surface area (Å²) in [6.45, 7) is 2.76. The van der Waals surface area contributed by atoms with Crippen molar-refractivity contribution in [3.63, 3.8) is 0 Å². The summed E-state index contributed by atoms with van der Waals surface area (Å²) in [5.41, 5.74) is 2.87. The molecule has 0 saturated carbocycles. The van der Waals surface area contributed by atoms with E-state index in [1.54, 1.807) is 0 Å². The molecule has 4 heterocycles. The molecule has 4 aromatic rings. The van der Waals surface area contributed by atoms with Crippen LogP contribution in [-0.4, -0.2) is 42.1 Å². The molecule has 1 atom stereocenters. The largest absolute Gasteiger partial charge is 0.339 e. The van der Waals surface area contributed by atoms with Crippen LogP contribution in [0.4, 0.5) is 0 Å². The molecule has 3 aromatic heterocycles. The number of benzene rings is 1. The van der Waals surface area contributed by atoms with Gasteiger partial charge < -0.3 is 9.42 Å². The monoisotopic (exact) mass is 402 g/mol. The fourth-order valence-corrected chi connectivity index (χ4v) is 3.95. The number of carbonyl (C=O) groups excluding carboxylic acids is 1. The molecule has 1 aromatic carbocycles. The van der Waals surface area contributed by atoms with E-state index < -0.39 is 0 Å². The van der Waals surface area contributed by atoms with E-state index in [1.165, 1.54) is 5.56 Å². The van der Waals surface area contributed by atoms with Gasteiger partial charge in [-0.15, -0.1) is 10.2 Å². The molecule has 1 aliphatic heterocycles. The summed E-state index contributed by atoms with van der Waals surface area (Å²) in [7, 11) is 0. The average Bonchev–Trinajstić information content (AvgIpc) is 3.51. The van der Waals surface area contributed by atoms with Gasteiger partial charge in [-0.2, -0.15) is 4.98 Å². The quantitative estimate of drug-likeness (QED) is 0.508. The Hall–Kier alpha value is -3.55. The van der Waals surface area contributed by atoms with Gasteiger partial charge in [0, 0.05) is 31.1 Å². The SMILES string of the molecule is Cc1ccc(-c2noc(CCC(=O)N3CCC[C@H]3c3nnc4ccccn34)n2)cc1. The number of rotatable bonds is 5.